The lowest BCUT2D eigenvalue weighted by atomic mass is 10.4. The van der Waals surface area contributed by atoms with Crippen LogP contribution >= 0.6 is 34.7 Å². The SMILES string of the molecule is COCCCSCCNCc1ccc(Cl)s1. The Balaban J connectivity index is 1.88. The van der Waals surface area contributed by atoms with Crippen LogP contribution in [-0.2, 0) is 11.3 Å². The maximum absolute atomic E-state index is 5.85. The molecule has 0 aromatic carbocycles. The van der Waals surface area contributed by atoms with Crippen molar-refractivity contribution in [1.29, 1.82) is 0 Å². The van der Waals surface area contributed by atoms with E-state index in [2.05, 4.69) is 11.4 Å². The zero-order chi connectivity index (χ0) is 11.6. The van der Waals surface area contributed by atoms with Gasteiger partial charge in [0.2, 0.25) is 0 Å². The number of nitrogens with one attached hydrogen (secondary N) is 1. The summed E-state index contributed by atoms with van der Waals surface area (Å²) in [5, 5.41) is 3.41. The summed E-state index contributed by atoms with van der Waals surface area (Å²) in [4.78, 5) is 1.30. The van der Waals surface area contributed by atoms with Crippen LogP contribution < -0.4 is 5.32 Å². The van der Waals surface area contributed by atoms with Crippen molar-refractivity contribution < 1.29 is 4.74 Å². The van der Waals surface area contributed by atoms with Crippen LogP contribution in [0.4, 0.5) is 0 Å². The molecule has 92 valence electrons. The smallest absolute Gasteiger partial charge is 0.0931 e. The quantitative estimate of drug-likeness (QED) is 0.701. The minimum absolute atomic E-state index is 0.866. The lowest BCUT2D eigenvalue weighted by molar-refractivity contribution is 0.200. The summed E-state index contributed by atoms with van der Waals surface area (Å²) < 4.78 is 5.86. The first-order valence-corrected chi connectivity index (χ1v) is 7.69. The summed E-state index contributed by atoms with van der Waals surface area (Å²) in [7, 11) is 1.75. The van der Waals surface area contributed by atoms with E-state index in [4.69, 9.17) is 16.3 Å². The Morgan fingerprint density at radius 2 is 2.31 bits per heavy atom. The van der Waals surface area contributed by atoms with Crippen LogP contribution in [0.1, 0.15) is 11.3 Å². The topological polar surface area (TPSA) is 21.3 Å². The van der Waals surface area contributed by atoms with Crippen LogP contribution in [0.15, 0.2) is 12.1 Å². The van der Waals surface area contributed by atoms with E-state index in [9.17, 15) is 0 Å². The highest BCUT2D eigenvalue weighted by Crippen LogP contribution is 2.20. The van der Waals surface area contributed by atoms with Gasteiger partial charge in [-0.15, -0.1) is 11.3 Å². The lowest BCUT2D eigenvalue weighted by Crippen LogP contribution is -2.16. The Hall–Kier alpha value is 0.260. The molecule has 16 heavy (non-hydrogen) atoms. The van der Waals surface area contributed by atoms with Crippen LogP contribution in [0.5, 0.6) is 0 Å². The molecule has 1 rings (SSSR count). The number of hydrogen-bond acceptors (Lipinski definition) is 4. The molecule has 1 N–H and O–H groups in total. The summed E-state index contributed by atoms with van der Waals surface area (Å²) in [5.41, 5.74) is 0. The van der Waals surface area contributed by atoms with Gasteiger partial charge < -0.3 is 10.1 Å². The van der Waals surface area contributed by atoms with Crippen molar-refractivity contribution in [3.05, 3.63) is 21.3 Å². The van der Waals surface area contributed by atoms with Crippen molar-refractivity contribution in [2.75, 3.05) is 31.8 Å². The second kappa shape index (κ2) is 9.31. The highest BCUT2D eigenvalue weighted by molar-refractivity contribution is 7.99. The largest absolute Gasteiger partial charge is 0.385 e. The highest BCUT2D eigenvalue weighted by Gasteiger charge is 1.96. The predicted octanol–water partition coefficient (Wildman–Crippen LogP) is 3.26. The number of ether oxygens (including phenoxy) is 1. The van der Waals surface area contributed by atoms with Gasteiger partial charge in [-0.25, -0.2) is 0 Å². The van der Waals surface area contributed by atoms with Crippen LogP contribution in [0.3, 0.4) is 0 Å². The molecule has 5 heteroatoms. The molecule has 0 spiro atoms. The monoisotopic (exact) mass is 279 g/mol. The third-order valence-corrected chi connectivity index (χ3v) is 4.29. The molecule has 0 aliphatic heterocycles. The average molecular weight is 280 g/mol. The van der Waals surface area contributed by atoms with Gasteiger partial charge in [-0.3, -0.25) is 0 Å². The van der Waals surface area contributed by atoms with Gasteiger partial charge >= 0.3 is 0 Å². The van der Waals surface area contributed by atoms with Gasteiger partial charge in [-0.1, -0.05) is 11.6 Å². The molecule has 0 amide bonds. The normalized spacial score (nSPS) is 10.9. The third kappa shape index (κ3) is 6.76. The van der Waals surface area contributed by atoms with Gasteiger partial charge in [0.05, 0.1) is 4.34 Å². The van der Waals surface area contributed by atoms with E-state index >= 15 is 0 Å². The number of thiophene rings is 1. The lowest BCUT2D eigenvalue weighted by Gasteiger charge is -2.03. The first-order valence-electron chi connectivity index (χ1n) is 5.34. The fourth-order valence-electron chi connectivity index (χ4n) is 1.21. The van der Waals surface area contributed by atoms with Gasteiger partial charge in [-0.05, 0) is 24.3 Å². The van der Waals surface area contributed by atoms with Gasteiger partial charge in [0.25, 0.3) is 0 Å². The van der Waals surface area contributed by atoms with E-state index in [0.717, 1.165) is 36.2 Å². The Morgan fingerprint density at radius 1 is 1.44 bits per heavy atom. The van der Waals surface area contributed by atoms with Crippen LogP contribution in [-0.4, -0.2) is 31.8 Å². The molecule has 0 fully saturated rings. The molecule has 0 aliphatic rings. The maximum Gasteiger partial charge on any atom is 0.0931 e. The molecular weight excluding hydrogens is 262 g/mol. The summed E-state index contributed by atoms with van der Waals surface area (Å²) in [6.07, 6.45) is 1.14. The predicted molar refractivity (Wildman–Crippen MR) is 74.9 cm³/mol. The summed E-state index contributed by atoms with van der Waals surface area (Å²) in [6.45, 7) is 2.84. The molecule has 0 aliphatic carbocycles. The number of thioether (sulfide) groups is 1. The zero-order valence-electron chi connectivity index (χ0n) is 9.50. The minimum Gasteiger partial charge on any atom is -0.385 e. The Bertz CT molecular complexity index is 281. The van der Waals surface area contributed by atoms with E-state index in [0.29, 0.717) is 0 Å². The molecule has 1 aromatic heterocycles. The zero-order valence-corrected chi connectivity index (χ0v) is 11.9. The Kier molecular flexibility index (Phi) is 8.33. The summed E-state index contributed by atoms with van der Waals surface area (Å²) in [5.74, 6) is 2.34. The Morgan fingerprint density at radius 3 is 3.00 bits per heavy atom. The molecule has 0 radical (unpaired) electrons. The number of halogens is 1. The average Bonchev–Trinajstić information content (AvgIpc) is 2.68. The molecule has 0 bridgehead atoms. The molecular formula is C11H18ClNOS2. The first kappa shape index (κ1) is 14.3. The van der Waals surface area contributed by atoms with E-state index in [-0.39, 0.29) is 0 Å². The molecule has 0 saturated carbocycles. The highest BCUT2D eigenvalue weighted by atomic mass is 35.5. The van der Waals surface area contributed by atoms with E-state index < -0.39 is 0 Å². The minimum atomic E-state index is 0.866. The Labute approximate surface area is 111 Å². The van der Waals surface area contributed by atoms with E-state index in [1.165, 1.54) is 10.6 Å². The van der Waals surface area contributed by atoms with Crippen molar-refractivity contribution in [3.8, 4) is 0 Å². The second-order valence-electron chi connectivity index (χ2n) is 3.34. The molecule has 0 atom stereocenters. The van der Waals surface area contributed by atoms with Crippen molar-refractivity contribution >= 4 is 34.7 Å². The van der Waals surface area contributed by atoms with Gasteiger partial charge in [0, 0.05) is 37.4 Å². The van der Waals surface area contributed by atoms with Crippen molar-refractivity contribution in [3.63, 3.8) is 0 Å². The fourth-order valence-corrected chi connectivity index (χ4v) is 3.08. The van der Waals surface area contributed by atoms with Gasteiger partial charge in [0.1, 0.15) is 0 Å². The molecule has 0 unspecified atom stereocenters. The first-order chi connectivity index (χ1) is 7.83. The molecule has 1 heterocycles. The van der Waals surface area contributed by atoms with Crippen molar-refractivity contribution in [2.45, 2.75) is 13.0 Å². The molecule has 1 aromatic rings. The summed E-state index contributed by atoms with van der Waals surface area (Å²) in [6, 6.07) is 4.02. The fraction of sp³-hybridized carbons (Fsp3) is 0.636. The van der Waals surface area contributed by atoms with Gasteiger partial charge in [-0.2, -0.15) is 11.8 Å². The number of rotatable bonds is 9. The van der Waals surface area contributed by atoms with Crippen LogP contribution in [0.25, 0.3) is 0 Å². The van der Waals surface area contributed by atoms with Gasteiger partial charge in [0.15, 0.2) is 0 Å². The van der Waals surface area contributed by atoms with E-state index in [1.807, 2.05) is 17.8 Å². The summed E-state index contributed by atoms with van der Waals surface area (Å²) >= 11 is 9.46. The van der Waals surface area contributed by atoms with Crippen LogP contribution in [0, 0.1) is 0 Å². The molecule has 2 nitrogen and oxygen atoms in total. The second-order valence-corrected chi connectivity index (χ2v) is 6.37. The van der Waals surface area contributed by atoms with Crippen LogP contribution in [0.2, 0.25) is 4.34 Å². The number of methoxy groups -OCH3 is 1. The maximum atomic E-state index is 5.85. The van der Waals surface area contributed by atoms with Crippen molar-refractivity contribution in [1.82, 2.24) is 5.32 Å². The number of hydrogen-bond donors (Lipinski definition) is 1. The standard InChI is InChI=1S/C11H18ClNOS2/c1-14-6-2-7-15-8-5-13-9-10-3-4-11(12)16-10/h3-4,13H,2,5-9H2,1H3. The molecule has 0 saturated heterocycles. The van der Waals surface area contributed by atoms with Crippen molar-refractivity contribution in [2.24, 2.45) is 0 Å². The third-order valence-electron chi connectivity index (χ3n) is 1.99. The van der Waals surface area contributed by atoms with E-state index in [1.54, 1.807) is 18.4 Å².